The highest BCUT2D eigenvalue weighted by molar-refractivity contribution is 7.14. The fourth-order valence-corrected chi connectivity index (χ4v) is 3.62. The number of aliphatic carboxylic acids is 1. The topological polar surface area (TPSA) is 97.8 Å². The minimum Gasteiger partial charge on any atom is -0.490 e. The molecule has 0 aliphatic carbocycles. The molecule has 178 valence electrons. The van der Waals surface area contributed by atoms with Crippen LogP contribution in [0.25, 0.3) is 17.3 Å². The normalized spacial score (nSPS) is 11.4. The number of hydrogen-bond donors (Lipinski definition) is 2. The van der Waals surface area contributed by atoms with Crippen molar-refractivity contribution in [1.29, 1.82) is 0 Å². The van der Waals surface area contributed by atoms with Gasteiger partial charge in [-0.1, -0.05) is 12.1 Å². The van der Waals surface area contributed by atoms with Crippen LogP contribution in [0.2, 0.25) is 0 Å². The lowest BCUT2D eigenvalue weighted by molar-refractivity contribution is -0.135. The highest BCUT2D eigenvalue weighted by atomic mass is 32.1. The zero-order valence-electron chi connectivity index (χ0n) is 18.0. The molecule has 7 nitrogen and oxygen atoms in total. The van der Waals surface area contributed by atoms with E-state index in [1.165, 1.54) is 11.4 Å². The molecule has 0 bridgehead atoms. The molecule has 0 unspecified atom stereocenters. The van der Waals surface area contributed by atoms with E-state index in [1.54, 1.807) is 19.1 Å². The van der Waals surface area contributed by atoms with Gasteiger partial charge in [-0.25, -0.2) is 22.9 Å². The van der Waals surface area contributed by atoms with E-state index in [-0.39, 0.29) is 28.6 Å². The predicted molar refractivity (Wildman–Crippen MR) is 120 cm³/mol. The molecule has 3 rings (SSSR count). The SMILES string of the molecule is CCOCc1cccc(-c2csc(NC(=O)c3cc(F)c(C=C(OC)C(=O)O)c(F)c3)n2)c1F. The van der Waals surface area contributed by atoms with E-state index >= 15 is 0 Å². The summed E-state index contributed by atoms with van der Waals surface area (Å²) in [5, 5.41) is 13.0. The molecule has 11 heteroatoms. The molecule has 3 aromatic rings. The number of carbonyl (C=O) groups excluding carboxylic acids is 1. The minimum atomic E-state index is -1.51. The molecule has 2 N–H and O–H groups in total. The number of nitrogens with one attached hydrogen (secondary N) is 1. The van der Waals surface area contributed by atoms with Gasteiger partial charge < -0.3 is 14.6 Å². The number of nitrogens with zero attached hydrogens (tertiary/aromatic N) is 1. The second-order valence-corrected chi connectivity index (χ2v) is 7.64. The van der Waals surface area contributed by atoms with Crippen LogP contribution in [0.3, 0.4) is 0 Å². The van der Waals surface area contributed by atoms with Crippen molar-refractivity contribution in [3.63, 3.8) is 0 Å². The predicted octanol–water partition coefficient (Wildman–Crippen LogP) is 5.09. The first-order valence-electron chi connectivity index (χ1n) is 9.85. The Hall–Kier alpha value is -3.70. The summed E-state index contributed by atoms with van der Waals surface area (Å²) >= 11 is 1.01. The first kappa shape index (κ1) is 24.9. The lowest BCUT2D eigenvalue weighted by Crippen LogP contribution is -2.13. The molecule has 0 atom stereocenters. The molecule has 0 aliphatic rings. The van der Waals surface area contributed by atoms with E-state index in [2.05, 4.69) is 15.0 Å². The zero-order chi connectivity index (χ0) is 24.8. The quantitative estimate of drug-likeness (QED) is 0.319. The summed E-state index contributed by atoms with van der Waals surface area (Å²) in [5.74, 6) is -5.86. The van der Waals surface area contributed by atoms with Crippen LogP contribution in [0.15, 0.2) is 41.5 Å². The molecule has 1 heterocycles. The van der Waals surface area contributed by atoms with E-state index in [9.17, 15) is 22.8 Å². The molecular weight excluding hydrogens is 473 g/mol. The summed E-state index contributed by atoms with van der Waals surface area (Å²) < 4.78 is 53.4. The molecule has 0 saturated heterocycles. The van der Waals surface area contributed by atoms with Crippen LogP contribution in [-0.4, -0.2) is 35.7 Å². The number of carbonyl (C=O) groups is 2. The molecule has 0 aliphatic heterocycles. The number of benzene rings is 2. The average Bonchev–Trinajstić information content (AvgIpc) is 3.25. The van der Waals surface area contributed by atoms with Crippen molar-refractivity contribution in [3.05, 3.63) is 75.6 Å². The van der Waals surface area contributed by atoms with Gasteiger partial charge in [0, 0.05) is 40.3 Å². The number of carboxylic acids is 1. The van der Waals surface area contributed by atoms with Crippen LogP contribution in [0.4, 0.5) is 18.3 Å². The molecular formula is C23H19F3N2O5S. The molecule has 2 aromatic carbocycles. The monoisotopic (exact) mass is 492 g/mol. The number of amides is 1. The minimum absolute atomic E-state index is 0.0898. The van der Waals surface area contributed by atoms with Crippen LogP contribution in [0, 0.1) is 17.5 Å². The molecule has 0 saturated carbocycles. The number of aromatic nitrogens is 1. The Balaban J connectivity index is 1.81. The van der Waals surface area contributed by atoms with E-state index in [0.717, 1.165) is 30.6 Å². The van der Waals surface area contributed by atoms with Crippen LogP contribution >= 0.6 is 11.3 Å². The highest BCUT2D eigenvalue weighted by Crippen LogP contribution is 2.29. The maximum atomic E-state index is 14.8. The second-order valence-electron chi connectivity index (χ2n) is 6.78. The second kappa shape index (κ2) is 10.9. The number of hydrogen-bond acceptors (Lipinski definition) is 6. The third-order valence-corrected chi connectivity index (χ3v) is 5.35. The lowest BCUT2D eigenvalue weighted by atomic mass is 10.1. The largest absolute Gasteiger partial charge is 0.490 e. The van der Waals surface area contributed by atoms with Crippen molar-refractivity contribution in [1.82, 2.24) is 4.98 Å². The van der Waals surface area contributed by atoms with Gasteiger partial charge in [0.15, 0.2) is 5.13 Å². The summed E-state index contributed by atoms with van der Waals surface area (Å²) in [4.78, 5) is 27.7. The van der Waals surface area contributed by atoms with Gasteiger partial charge in [-0.05, 0) is 25.1 Å². The molecule has 34 heavy (non-hydrogen) atoms. The van der Waals surface area contributed by atoms with Crippen LogP contribution in [0.1, 0.15) is 28.4 Å². The van der Waals surface area contributed by atoms with E-state index in [1.807, 2.05) is 0 Å². The number of carboxylic acid groups (broad SMARTS) is 1. The Morgan fingerprint density at radius 2 is 1.91 bits per heavy atom. The van der Waals surface area contributed by atoms with Gasteiger partial charge in [-0.15, -0.1) is 11.3 Å². The van der Waals surface area contributed by atoms with Crippen LogP contribution in [0.5, 0.6) is 0 Å². The molecule has 1 amide bonds. The Bertz CT molecular complexity index is 1240. The highest BCUT2D eigenvalue weighted by Gasteiger charge is 2.19. The van der Waals surface area contributed by atoms with Gasteiger partial charge in [-0.2, -0.15) is 0 Å². The maximum Gasteiger partial charge on any atom is 0.371 e. The number of ether oxygens (including phenoxy) is 2. The van der Waals surface area contributed by atoms with E-state index < -0.39 is 40.7 Å². The van der Waals surface area contributed by atoms with Gasteiger partial charge in [0.05, 0.1) is 19.4 Å². The number of methoxy groups -OCH3 is 1. The van der Waals surface area contributed by atoms with Crippen molar-refractivity contribution in [3.8, 4) is 11.3 Å². The molecule has 1 aromatic heterocycles. The number of halogens is 3. The first-order valence-corrected chi connectivity index (χ1v) is 10.7. The van der Waals surface area contributed by atoms with Crippen molar-refractivity contribution < 1.29 is 37.3 Å². The summed E-state index contributed by atoms with van der Waals surface area (Å²) in [6.45, 7) is 2.33. The Kier molecular flexibility index (Phi) is 8.03. The van der Waals surface area contributed by atoms with Gasteiger partial charge in [0.1, 0.15) is 17.5 Å². The fourth-order valence-electron chi connectivity index (χ4n) is 2.92. The van der Waals surface area contributed by atoms with E-state index in [0.29, 0.717) is 18.2 Å². The number of rotatable bonds is 9. The van der Waals surface area contributed by atoms with Crippen molar-refractivity contribution in [2.45, 2.75) is 13.5 Å². The van der Waals surface area contributed by atoms with Gasteiger partial charge >= 0.3 is 5.97 Å². The van der Waals surface area contributed by atoms with Crippen molar-refractivity contribution >= 4 is 34.4 Å². The standard InChI is InChI=1S/C23H19F3N2O5S/c1-3-33-10-12-5-4-6-14(20(12)26)18-11-34-23(27-18)28-21(29)13-7-16(24)15(17(25)8-13)9-19(32-2)22(30)31/h4-9,11H,3,10H2,1-2H3,(H,30,31)(H,27,28,29). The van der Waals surface area contributed by atoms with Crippen LogP contribution < -0.4 is 5.32 Å². The average molecular weight is 492 g/mol. The fraction of sp³-hybridized carbons (Fsp3) is 0.174. The molecule has 0 spiro atoms. The molecule has 0 radical (unpaired) electrons. The third-order valence-electron chi connectivity index (χ3n) is 4.59. The maximum absolute atomic E-state index is 14.8. The summed E-state index contributed by atoms with van der Waals surface area (Å²) in [6.07, 6.45) is 0.677. The Labute approximate surface area is 196 Å². The summed E-state index contributed by atoms with van der Waals surface area (Å²) in [5.41, 5.74) is -0.181. The molecule has 0 fully saturated rings. The Morgan fingerprint density at radius 3 is 2.53 bits per heavy atom. The smallest absolute Gasteiger partial charge is 0.371 e. The van der Waals surface area contributed by atoms with Crippen molar-refractivity contribution in [2.75, 3.05) is 19.0 Å². The van der Waals surface area contributed by atoms with E-state index in [4.69, 9.17) is 9.84 Å². The summed E-state index contributed by atoms with van der Waals surface area (Å²) in [6, 6.07) is 6.30. The lowest BCUT2D eigenvalue weighted by Gasteiger charge is -2.07. The summed E-state index contributed by atoms with van der Waals surface area (Å²) in [7, 11) is 1.04. The Morgan fingerprint density at radius 1 is 1.21 bits per heavy atom. The number of thiazole rings is 1. The van der Waals surface area contributed by atoms with Crippen molar-refractivity contribution in [2.24, 2.45) is 0 Å². The third kappa shape index (κ3) is 5.61. The van der Waals surface area contributed by atoms with Gasteiger partial charge in [-0.3, -0.25) is 10.1 Å². The van der Waals surface area contributed by atoms with Gasteiger partial charge in [0.25, 0.3) is 5.91 Å². The number of anilines is 1. The van der Waals surface area contributed by atoms with Crippen LogP contribution in [-0.2, 0) is 20.9 Å². The van der Waals surface area contributed by atoms with Gasteiger partial charge in [0.2, 0.25) is 5.76 Å². The zero-order valence-corrected chi connectivity index (χ0v) is 18.8. The first-order chi connectivity index (χ1) is 16.2.